The van der Waals surface area contributed by atoms with E-state index in [-0.39, 0.29) is 5.91 Å². The van der Waals surface area contributed by atoms with E-state index < -0.39 is 0 Å². The van der Waals surface area contributed by atoms with Gasteiger partial charge in [0.2, 0.25) is 0 Å². The molecule has 0 saturated carbocycles. The molecule has 4 heteroatoms. The van der Waals surface area contributed by atoms with Crippen molar-refractivity contribution in [2.75, 3.05) is 11.9 Å². The van der Waals surface area contributed by atoms with Gasteiger partial charge < -0.3 is 11.1 Å². The lowest BCUT2D eigenvalue weighted by molar-refractivity contribution is 0.102. The van der Waals surface area contributed by atoms with Crippen molar-refractivity contribution in [3.8, 4) is 0 Å². The maximum absolute atomic E-state index is 12.0. The maximum atomic E-state index is 12.0. The average molecular weight is 255 g/mol. The van der Waals surface area contributed by atoms with Crippen LogP contribution in [0.2, 0.25) is 0 Å². The van der Waals surface area contributed by atoms with Gasteiger partial charge in [-0.15, -0.1) is 0 Å². The van der Waals surface area contributed by atoms with Crippen LogP contribution in [0.3, 0.4) is 0 Å². The van der Waals surface area contributed by atoms with E-state index in [0.717, 1.165) is 11.3 Å². The Kier molecular flexibility index (Phi) is 4.26. The quantitative estimate of drug-likeness (QED) is 0.881. The van der Waals surface area contributed by atoms with Gasteiger partial charge in [0.1, 0.15) is 0 Å². The lowest BCUT2D eigenvalue weighted by Gasteiger charge is -2.10. The summed E-state index contributed by atoms with van der Waals surface area (Å²) in [5.41, 5.74) is 8.13. The number of carbonyl (C=O) groups excluding carboxylic acids is 1. The molecular formula is C15H17N3O. The van der Waals surface area contributed by atoms with Crippen LogP contribution in [0.15, 0.2) is 48.8 Å². The van der Waals surface area contributed by atoms with Gasteiger partial charge >= 0.3 is 0 Å². The van der Waals surface area contributed by atoms with Crippen molar-refractivity contribution in [2.45, 2.75) is 12.8 Å². The molecule has 1 unspecified atom stereocenters. The summed E-state index contributed by atoms with van der Waals surface area (Å²) in [4.78, 5) is 15.9. The molecular weight excluding hydrogens is 238 g/mol. The highest BCUT2D eigenvalue weighted by Gasteiger charge is 2.07. The molecule has 0 saturated heterocycles. The van der Waals surface area contributed by atoms with E-state index in [4.69, 9.17) is 5.73 Å². The molecule has 0 spiro atoms. The normalized spacial score (nSPS) is 11.9. The Morgan fingerprint density at radius 1 is 1.21 bits per heavy atom. The van der Waals surface area contributed by atoms with Crippen LogP contribution in [0.4, 0.5) is 5.69 Å². The molecule has 2 aromatic rings. The number of rotatable bonds is 4. The van der Waals surface area contributed by atoms with E-state index in [9.17, 15) is 4.79 Å². The summed E-state index contributed by atoms with van der Waals surface area (Å²) in [5.74, 6) is 0.176. The fraction of sp³-hybridized carbons (Fsp3) is 0.200. The van der Waals surface area contributed by atoms with Crippen molar-refractivity contribution in [1.29, 1.82) is 0 Å². The number of pyridine rings is 1. The monoisotopic (exact) mass is 255 g/mol. The lowest BCUT2D eigenvalue weighted by Crippen LogP contribution is -2.13. The Hall–Kier alpha value is -2.20. The minimum atomic E-state index is -0.127. The number of nitrogens with zero attached hydrogens (tertiary/aromatic N) is 1. The summed E-state index contributed by atoms with van der Waals surface area (Å²) in [6.07, 6.45) is 3.28. The average Bonchev–Trinajstić information content (AvgIpc) is 2.47. The van der Waals surface area contributed by atoms with E-state index in [0.29, 0.717) is 18.0 Å². The Labute approximate surface area is 112 Å². The van der Waals surface area contributed by atoms with E-state index in [1.165, 1.54) is 0 Å². The second-order valence-corrected chi connectivity index (χ2v) is 4.45. The smallest absolute Gasteiger partial charge is 0.255 e. The van der Waals surface area contributed by atoms with Gasteiger partial charge in [0.15, 0.2) is 0 Å². The minimum absolute atomic E-state index is 0.127. The first kappa shape index (κ1) is 13.2. The summed E-state index contributed by atoms with van der Waals surface area (Å²) in [6.45, 7) is 2.66. The molecule has 1 atom stereocenters. The van der Waals surface area contributed by atoms with Gasteiger partial charge in [-0.3, -0.25) is 9.78 Å². The van der Waals surface area contributed by atoms with Crippen molar-refractivity contribution in [2.24, 2.45) is 5.73 Å². The Morgan fingerprint density at radius 2 is 1.84 bits per heavy atom. The zero-order chi connectivity index (χ0) is 13.7. The third kappa shape index (κ3) is 3.39. The molecule has 2 rings (SSSR count). The third-order valence-electron chi connectivity index (χ3n) is 3.03. The third-order valence-corrected chi connectivity index (χ3v) is 3.03. The molecule has 0 radical (unpaired) electrons. The molecule has 0 bridgehead atoms. The highest BCUT2D eigenvalue weighted by molar-refractivity contribution is 6.04. The number of hydrogen-bond acceptors (Lipinski definition) is 3. The van der Waals surface area contributed by atoms with Crippen LogP contribution >= 0.6 is 0 Å². The molecule has 0 aliphatic carbocycles. The molecule has 1 amide bonds. The zero-order valence-corrected chi connectivity index (χ0v) is 10.8. The van der Waals surface area contributed by atoms with Crippen LogP contribution in [0.5, 0.6) is 0 Å². The van der Waals surface area contributed by atoms with Gasteiger partial charge in [0.05, 0.1) is 0 Å². The van der Waals surface area contributed by atoms with Gasteiger partial charge in [-0.2, -0.15) is 0 Å². The molecule has 4 nitrogen and oxygen atoms in total. The highest BCUT2D eigenvalue weighted by Crippen LogP contribution is 2.15. The number of nitrogens with one attached hydrogen (secondary N) is 1. The molecule has 1 aromatic carbocycles. The number of benzene rings is 1. The van der Waals surface area contributed by atoms with E-state index >= 15 is 0 Å². The van der Waals surface area contributed by atoms with Crippen molar-refractivity contribution < 1.29 is 4.79 Å². The molecule has 19 heavy (non-hydrogen) atoms. The fourth-order valence-electron chi connectivity index (χ4n) is 1.74. The molecule has 0 fully saturated rings. The first-order valence-corrected chi connectivity index (χ1v) is 6.22. The Morgan fingerprint density at radius 3 is 2.42 bits per heavy atom. The largest absolute Gasteiger partial charge is 0.330 e. The number of anilines is 1. The van der Waals surface area contributed by atoms with Crippen LogP contribution in [0.25, 0.3) is 0 Å². The van der Waals surface area contributed by atoms with Crippen LogP contribution in [0.1, 0.15) is 28.8 Å². The van der Waals surface area contributed by atoms with Gasteiger partial charge in [0, 0.05) is 23.6 Å². The van der Waals surface area contributed by atoms with Gasteiger partial charge in [-0.25, -0.2) is 0 Å². The lowest BCUT2D eigenvalue weighted by atomic mass is 10.00. The van der Waals surface area contributed by atoms with Crippen LogP contribution < -0.4 is 11.1 Å². The van der Waals surface area contributed by atoms with E-state index in [1.54, 1.807) is 24.5 Å². The number of hydrogen-bond donors (Lipinski definition) is 2. The minimum Gasteiger partial charge on any atom is -0.330 e. The predicted molar refractivity (Wildman–Crippen MR) is 76.1 cm³/mol. The summed E-state index contributed by atoms with van der Waals surface area (Å²) in [6, 6.07) is 11.0. The first-order chi connectivity index (χ1) is 9.20. The standard InChI is InChI=1S/C15H17N3O/c1-11(10-16)12-2-4-13(5-3-12)15(19)18-14-6-8-17-9-7-14/h2-9,11H,10,16H2,1H3,(H,17,18,19). The number of aromatic nitrogens is 1. The van der Waals surface area contributed by atoms with E-state index in [2.05, 4.69) is 17.2 Å². The highest BCUT2D eigenvalue weighted by atomic mass is 16.1. The molecule has 1 aromatic heterocycles. The Bertz CT molecular complexity index is 537. The van der Waals surface area contributed by atoms with Gasteiger partial charge in [-0.1, -0.05) is 19.1 Å². The molecule has 0 aliphatic rings. The van der Waals surface area contributed by atoms with Crippen molar-refractivity contribution in [3.05, 3.63) is 59.9 Å². The second-order valence-electron chi connectivity index (χ2n) is 4.45. The van der Waals surface area contributed by atoms with Crippen LogP contribution in [0, 0.1) is 0 Å². The predicted octanol–water partition coefficient (Wildman–Crippen LogP) is 2.40. The SMILES string of the molecule is CC(CN)c1ccc(C(=O)Nc2ccncc2)cc1. The number of nitrogens with two attached hydrogens (primary N) is 1. The molecule has 98 valence electrons. The van der Waals surface area contributed by atoms with Crippen molar-refractivity contribution in [3.63, 3.8) is 0 Å². The van der Waals surface area contributed by atoms with Crippen molar-refractivity contribution >= 4 is 11.6 Å². The summed E-state index contributed by atoms with van der Waals surface area (Å²) < 4.78 is 0. The van der Waals surface area contributed by atoms with Crippen LogP contribution in [-0.2, 0) is 0 Å². The first-order valence-electron chi connectivity index (χ1n) is 6.22. The molecule has 3 N–H and O–H groups in total. The number of amides is 1. The fourth-order valence-corrected chi connectivity index (χ4v) is 1.74. The summed E-state index contributed by atoms with van der Waals surface area (Å²) in [7, 11) is 0. The summed E-state index contributed by atoms with van der Waals surface area (Å²) in [5, 5.41) is 2.82. The van der Waals surface area contributed by atoms with Crippen LogP contribution in [-0.4, -0.2) is 17.4 Å². The zero-order valence-electron chi connectivity index (χ0n) is 10.8. The van der Waals surface area contributed by atoms with Crippen molar-refractivity contribution in [1.82, 2.24) is 4.98 Å². The number of carbonyl (C=O) groups is 1. The van der Waals surface area contributed by atoms with Gasteiger partial charge in [0.25, 0.3) is 5.91 Å². The second kappa shape index (κ2) is 6.11. The van der Waals surface area contributed by atoms with E-state index in [1.807, 2.05) is 24.3 Å². The Balaban J connectivity index is 2.08. The topological polar surface area (TPSA) is 68.0 Å². The molecule has 1 heterocycles. The molecule has 0 aliphatic heterocycles. The maximum Gasteiger partial charge on any atom is 0.255 e. The van der Waals surface area contributed by atoms with Gasteiger partial charge in [-0.05, 0) is 42.3 Å². The summed E-state index contributed by atoms with van der Waals surface area (Å²) >= 11 is 0.